The van der Waals surface area contributed by atoms with Crippen LogP contribution in [0.1, 0.15) is 44.1 Å². The van der Waals surface area contributed by atoms with Gasteiger partial charge in [0.1, 0.15) is 17.2 Å². The molecule has 2 aliphatic heterocycles. The summed E-state index contributed by atoms with van der Waals surface area (Å²) in [7, 11) is 1.81. The van der Waals surface area contributed by atoms with Crippen molar-refractivity contribution in [1.29, 1.82) is 0 Å². The molecule has 1 aromatic rings. The van der Waals surface area contributed by atoms with Crippen molar-refractivity contribution in [1.82, 2.24) is 14.9 Å². The van der Waals surface area contributed by atoms with Gasteiger partial charge in [-0.05, 0) is 26.2 Å². The van der Waals surface area contributed by atoms with E-state index in [4.69, 9.17) is 9.72 Å². The lowest BCUT2D eigenvalue weighted by Gasteiger charge is -2.26. The molecular weight excluding hydrogens is 292 g/mol. The molecule has 0 N–H and O–H groups in total. The SMILES string of the molecule is CCCc1nc(C)cc(N2CCCC3(CC2)CN(C)C(=O)O3)n1. The topological polar surface area (TPSA) is 58.6 Å². The average Bonchev–Trinajstić information content (AvgIpc) is 2.66. The lowest BCUT2D eigenvalue weighted by molar-refractivity contribution is 0.0473. The number of carbonyl (C=O) groups excluding carboxylic acids is 1. The van der Waals surface area contributed by atoms with Gasteiger partial charge in [0.2, 0.25) is 0 Å². The summed E-state index contributed by atoms with van der Waals surface area (Å²) in [5, 5.41) is 0. The first-order valence-corrected chi connectivity index (χ1v) is 8.55. The van der Waals surface area contributed by atoms with Crippen LogP contribution < -0.4 is 4.90 Å². The van der Waals surface area contributed by atoms with Crippen molar-refractivity contribution in [3.63, 3.8) is 0 Å². The number of amides is 1. The molecule has 0 radical (unpaired) electrons. The molecule has 1 atom stereocenters. The predicted molar refractivity (Wildman–Crippen MR) is 88.7 cm³/mol. The molecule has 1 aromatic heterocycles. The van der Waals surface area contributed by atoms with E-state index in [1.54, 1.807) is 4.90 Å². The van der Waals surface area contributed by atoms with Crippen LogP contribution in [0.2, 0.25) is 0 Å². The van der Waals surface area contributed by atoms with Gasteiger partial charge in [0.05, 0.1) is 6.54 Å². The van der Waals surface area contributed by atoms with Gasteiger partial charge in [0, 0.05) is 44.7 Å². The molecule has 0 bridgehead atoms. The predicted octanol–water partition coefficient (Wildman–Crippen LogP) is 2.55. The van der Waals surface area contributed by atoms with Gasteiger partial charge in [0.25, 0.3) is 0 Å². The van der Waals surface area contributed by atoms with Crippen molar-refractivity contribution in [3.05, 3.63) is 17.6 Å². The summed E-state index contributed by atoms with van der Waals surface area (Å²) in [4.78, 5) is 25.0. The molecule has 1 amide bonds. The van der Waals surface area contributed by atoms with Gasteiger partial charge < -0.3 is 14.5 Å². The minimum absolute atomic E-state index is 0.193. The number of carbonyl (C=O) groups is 1. The van der Waals surface area contributed by atoms with Crippen LogP contribution in [0.3, 0.4) is 0 Å². The molecule has 6 heteroatoms. The molecule has 0 aromatic carbocycles. The van der Waals surface area contributed by atoms with Crippen LogP contribution in [0, 0.1) is 6.92 Å². The highest BCUT2D eigenvalue weighted by Gasteiger charge is 2.44. The number of hydrogen-bond acceptors (Lipinski definition) is 5. The molecule has 3 rings (SSSR count). The number of ether oxygens (including phenoxy) is 1. The first-order valence-electron chi connectivity index (χ1n) is 8.55. The quantitative estimate of drug-likeness (QED) is 0.857. The van der Waals surface area contributed by atoms with Crippen LogP contribution in [-0.4, -0.2) is 53.2 Å². The maximum atomic E-state index is 11.7. The summed E-state index contributed by atoms with van der Waals surface area (Å²) in [6.07, 6.45) is 4.55. The lowest BCUT2D eigenvalue weighted by Crippen LogP contribution is -2.35. The minimum Gasteiger partial charge on any atom is -0.441 e. The number of nitrogens with zero attached hydrogens (tertiary/aromatic N) is 4. The van der Waals surface area contributed by atoms with E-state index < -0.39 is 0 Å². The van der Waals surface area contributed by atoms with Crippen LogP contribution in [0.15, 0.2) is 6.07 Å². The van der Waals surface area contributed by atoms with Crippen LogP contribution in [0.5, 0.6) is 0 Å². The number of hydrogen-bond donors (Lipinski definition) is 0. The Kier molecular flexibility index (Phi) is 4.41. The third-order valence-electron chi connectivity index (χ3n) is 4.72. The van der Waals surface area contributed by atoms with E-state index in [1.165, 1.54) is 0 Å². The number of anilines is 1. The fourth-order valence-electron chi connectivity index (χ4n) is 3.56. The number of likely N-dealkylation sites (N-methyl/N-ethyl adjacent to an activating group) is 1. The molecule has 6 nitrogen and oxygen atoms in total. The number of aromatic nitrogens is 2. The molecule has 2 aliphatic rings. The molecule has 2 fully saturated rings. The Labute approximate surface area is 137 Å². The van der Waals surface area contributed by atoms with Crippen molar-refractivity contribution in [2.45, 2.75) is 51.6 Å². The van der Waals surface area contributed by atoms with Gasteiger partial charge in [-0.3, -0.25) is 0 Å². The number of aryl methyl sites for hydroxylation is 2. The maximum Gasteiger partial charge on any atom is 0.410 e. The maximum absolute atomic E-state index is 11.7. The van der Waals surface area contributed by atoms with E-state index in [-0.39, 0.29) is 11.7 Å². The summed E-state index contributed by atoms with van der Waals surface area (Å²) < 4.78 is 5.68. The standard InChI is InChI=1S/C17H26N4O2/c1-4-6-14-18-13(2)11-15(19-14)21-9-5-7-17(8-10-21)12-20(3)16(22)23-17/h11H,4-10,12H2,1-3H3. The van der Waals surface area contributed by atoms with E-state index in [1.807, 2.05) is 14.0 Å². The summed E-state index contributed by atoms with van der Waals surface area (Å²) in [6, 6.07) is 2.06. The zero-order valence-electron chi connectivity index (χ0n) is 14.3. The van der Waals surface area contributed by atoms with E-state index >= 15 is 0 Å². The average molecular weight is 318 g/mol. The van der Waals surface area contributed by atoms with Gasteiger partial charge in [-0.2, -0.15) is 0 Å². The normalized spacial score (nSPS) is 24.9. The Morgan fingerprint density at radius 3 is 2.83 bits per heavy atom. The molecule has 0 aliphatic carbocycles. The second kappa shape index (κ2) is 6.34. The van der Waals surface area contributed by atoms with Crippen molar-refractivity contribution in [2.24, 2.45) is 0 Å². The monoisotopic (exact) mass is 318 g/mol. The summed E-state index contributed by atoms with van der Waals surface area (Å²) >= 11 is 0. The Hall–Kier alpha value is -1.85. The van der Waals surface area contributed by atoms with E-state index in [2.05, 4.69) is 22.9 Å². The molecule has 3 heterocycles. The molecular formula is C17H26N4O2. The number of rotatable bonds is 3. The third kappa shape index (κ3) is 3.41. The Balaban J connectivity index is 1.74. The van der Waals surface area contributed by atoms with Crippen molar-refractivity contribution >= 4 is 11.9 Å². The molecule has 0 saturated carbocycles. The second-order valence-corrected chi connectivity index (χ2v) is 6.78. The largest absolute Gasteiger partial charge is 0.441 e. The smallest absolute Gasteiger partial charge is 0.410 e. The highest BCUT2D eigenvalue weighted by Crippen LogP contribution is 2.33. The Morgan fingerprint density at radius 2 is 2.13 bits per heavy atom. The lowest BCUT2D eigenvalue weighted by atomic mass is 9.95. The first kappa shape index (κ1) is 16.0. The zero-order chi connectivity index (χ0) is 16.4. The van der Waals surface area contributed by atoms with Crippen LogP contribution in [-0.2, 0) is 11.2 Å². The fourth-order valence-corrected chi connectivity index (χ4v) is 3.56. The van der Waals surface area contributed by atoms with Crippen molar-refractivity contribution < 1.29 is 9.53 Å². The first-order chi connectivity index (χ1) is 11.0. The van der Waals surface area contributed by atoms with Gasteiger partial charge in [-0.25, -0.2) is 14.8 Å². The van der Waals surface area contributed by atoms with Gasteiger partial charge >= 0.3 is 6.09 Å². The summed E-state index contributed by atoms with van der Waals surface area (Å²) in [5.41, 5.74) is 0.707. The summed E-state index contributed by atoms with van der Waals surface area (Å²) in [5.74, 6) is 1.93. The molecule has 23 heavy (non-hydrogen) atoms. The Bertz CT molecular complexity index is 592. The van der Waals surface area contributed by atoms with Gasteiger partial charge in [0.15, 0.2) is 0 Å². The van der Waals surface area contributed by atoms with Gasteiger partial charge in [-0.1, -0.05) is 6.92 Å². The van der Waals surface area contributed by atoms with Crippen LogP contribution >= 0.6 is 0 Å². The molecule has 1 unspecified atom stereocenters. The zero-order valence-corrected chi connectivity index (χ0v) is 14.3. The molecule has 2 saturated heterocycles. The molecule has 126 valence electrons. The Morgan fingerprint density at radius 1 is 1.30 bits per heavy atom. The van der Waals surface area contributed by atoms with Crippen molar-refractivity contribution in [3.8, 4) is 0 Å². The fraction of sp³-hybridized carbons (Fsp3) is 0.706. The van der Waals surface area contributed by atoms with Crippen LogP contribution in [0.4, 0.5) is 10.6 Å². The third-order valence-corrected chi connectivity index (χ3v) is 4.72. The highest BCUT2D eigenvalue weighted by molar-refractivity contribution is 5.70. The van der Waals surface area contributed by atoms with E-state index in [0.29, 0.717) is 6.54 Å². The van der Waals surface area contributed by atoms with E-state index in [0.717, 1.165) is 62.5 Å². The van der Waals surface area contributed by atoms with Crippen LogP contribution in [0.25, 0.3) is 0 Å². The molecule has 1 spiro atoms. The van der Waals surface area contributed by atoms with Gasteiger partial charge in [-0.15, -0.1) is 0 Å². The van der Waals surface area contributed by atoms with E-state index in [9.17, 15) is 4.79 Å². The highest BCUT2D eigenvalue weighted by atomic mass is 16.6. The summed E-state index contributed by atoms with van der Waals surface area (Å²) in [6.45, 7) is 6.68. The minimum atomic E-state index is -0.311. The van der Waals surface area contributed by atoms with Crippen molar-refractivity contribution in [2.75, 3.05) is 31.6 Å². The second-order valence-electron chi connectivity index (χ2n) is 6.78.